The van der Waals surface area contributed by atoms with E-state index in [0.29, 0.717) is 47.5 Å². The number of rotatable bonds is 21. The summed E-state index contributed by atoms with van der Waals surface area (Å²) in [5, 5.41) is 29.9. The minimum atomic E-state index is -0.177. The molecule has 1 N–H and O–H groups in total. The molecular formula is C63H120N12O3. The second kappa shape index (κ2) is 48.1. The number of hydrogen-bond donors (Lipinski definition) is 1. The van der Waals surface area contributed by atoms with E-state index in [0.717, 1.165) is 77.1 Å². The van der Waals surface area contributed by atoms with Gasteiger partial charge in [-0.1, -0.05) is 139 Å². The summed E-state index contributed by atoms with van der Waals surface area (Å²) < 4.78 is 0. The highest BCUT2D eigenvalue weighted by Gasteiger charge is 2.24. The van der Waals surface area contributed by atoms with Gasteiger partial charge in [-0.3, -0.25) is 25.0 Å². The molecule has 4 fully saturated rings. The highest BCUT2D eigenvalue weighted by molar-refractivity contribution is 5.75. The van der Waals surface area contributed by atoms with Crippen molar-refractivity contribution in [1.29, 1.82) is 0 Å². The van der Waals surface area contributed by atoms with Crippen molar-refractivity contribution in [2.75, 3.05) is 65.4 Å². The minimum Gasteiger partial charge on any atom is -0.393 e. The zero-order valence-electron chi connectivity index (χ0n) is 53.7. The van der Waals surface area contributed by atoms with E-state index in [4.69, 9.17) is 9.68 Å². The first-order chi connectivity index (χ1) is 36.9. The van der Waals surface area contributed by atoms with Gasteiger partial charge in [0.1, 0.15) is 6.10 Å². The molecule has 2 amide bonds. The van der Waals surface area contributed by atoms with Gasteiger partial charge in [0.05, 0.1) is 13.1 Å². The average molecular weight is 1090 g/mol. The molecule has 1 aromatic carbocycles. The van der Waals surface area contributed by atoms with Gasteiger partial charge >= 0.3 is 6.03 Å². The second-order valence-corrected chi connectivity index (χ2v) is 23.9. The van der Waals surface area contributed by atoms with Gasteiger partial charge in [0.15, 0.2) is 5.75 Å². The second-order valence-electron chi connectivity index (χ2n) is 23.9. The molecule has 450 valence electrons. The number of piperazine rings is 1. The van der Waals surface area contributed by atoms with E-state index in [-0.39, 0.29) is 11.6 Å². The first-order valence-electron chi connectivity index (χ1n) is 30.3. The van der Waals surface area contributed by atoms with Gasteiger partial charge < -0.3 is 19.9 Å². The van der Waals surface area contributed by atoms with Crippen LogP contribution in [0.1, 0.15) is 196 Å². The van der Waals surface area contributed by atoms with Gasteiger partial charge in [-0.15, -0.1) is 0 Å². The van der Waals surface area contributed by atoms with Crippen LogP contribution in [0.2, 0.25) is 0 Å². The minimum absolute atomic E-state index is 0.0231. The van der Waals surface area contributed by atoms with Crippen LogP contribution in [0.3, 0.4) is 0 Å². The topological polar surface area (TPSA) is 147 Å². The number of amides is 2. The van der Waals surface area contributed by atoms with Crippen LogP contribution in [0.4, 0.5) is 4.79 Å². The van der Waals surface area contributed by atoms with Crippen LogP contribution in [-0.2, 0) is 4.84 Å². The number of nitrogens with zero attached hydrogens (tertiary/aromatic N) is 11. The van der Waals surface area contributed by atoms with Crippen molar-refractivity contribution in [2.24, 2.45) is 82.9 Å². The molecule has 2 saturated heterocycles. The van der Waals surface area contributed by atoms with Crippen LogP contribution in [0.5, 0.6) is 5.75 Å². The molecule has 0 unspecified atom stereocenters. The molecule has 0 radical (unpaired) electrons. The number of para-hydroxylation sites is 1. The summed E-state index contributed by atoms with van der Waals surface area (Å²) >= 11 is 0. The molecule has 78 heavy (non-hydrogen) atoms. The first kappa shape index (κ1) is 75.3. The molecular weight excluding hydrogens is 973 g/mol. The smallest absolute Gasteiger partial charge is 0.317 e. The number of benzene rings is 1. The van der Waals surface area contributed by atoms with Crippen molar-refractivity contribution < 1.29 is 14.5 Å². The quantitative estimate of drug-likeness (QED) is 0.0736. The van der Waals surface area contributed by atoms with E-state index >= 15 is 0 Å². The van der Waals surface area contributed by atoms with Crippen molar-refractivity contribution in [3.8, 4) is 5.75 Å². The number of hydrogen-bond acceptors (Lipinski definition) is 13. The molecule has 5 rings (SSSR count). The number of nitrogens with one attached hydrogen (secondary N) is 1. The summed E-state index contributed by atoms with van der Waals surface area (Å²) in [6.07, 6.45) is 25.8. The third kappa shape index (κ3) is 55.9. The predicted octanol–water partition coefficient (Wildman–Crippen LogP) is 15.0. The van der Waals surface area contributed by atoms with E-state index in [1.165, 1.54) is 57.8 Å². The molecule has 0 atom stereocenters. The van der Waals surface area contributed by atoms with Gasteiger partial charge in [0.25, 0.3) is 0 Å². The number of carbonyl (C=O) groups excluding carboxylic acids is 1. The fraction of sp³-hybridized carbons (Fsp3) is 0.778. The molecule has 2 aliphatic carbocycles. The fourth-order valence-electron chi connectivity index (χ4n) is 5.84. The van der Waals surface area contributed by atoms with Crippen LogP contribution < -0.4 is 10.2 Å². The maximum Gasteiger partial charge on any atom is 0.317 e. The Morgan fingerprint density at radius 2 is 1.08 bits per heavy atom. The van der Waals surface area contributed by atoms with E-state index in [9.17, 15) is 4.79 Å². The van der Waals surface area contributed by atoms with Crippen LogP contribution in [0.15, 0.2) is 65.9 Å². The standard InChI is InChI=1S/C13H26N4O.C10H13NO.C9H18N2.C8H18N2.C8H15N.C8H17N.C7H13NO/c1-11(2)10-14-17-8-6-16(7-9-17)12(18)15-13(3,4)5;1-9(2)8-11-12-10-6-4-3-5-7-10;1-9(2)8-10-11-6-4-3-5-7-11;1-5-10(6-2)9-7-8(3)4;1-7(2)5-9-6-8-3-4-8;1-4-5-6-9-7-8(2)3;1-6(2)5-8-9-7-3-4-7/h10-11H,6-9H2,1-5H3,(H,15,18);3-9H,1-2H3;8-9H,3-7H2,1-2H3;7-8H,5-6H2,1-4H3;5,7-8H,3-4,6H2,1-2H3;7-8H,4-6H2,1-3H3;5-7H,3-4H2,1-2H3/b14-10+;11-8+;10-8+;9-7+;;;8-5+. The number of aliphatic imine (C=N–C) groups is 2. The lowest BCUT2D eigenvalue weighted by atomic mass is 10.1. The highest BCUT2D eigenvalue weighted by atomic mass is 16.6. The monoisotopic (exact) mass is 1090 g/mol. The summed E-state index contributed by atoms with van der Waals surface area (Å²) in [6, 6.07) is 9.55. The Hall–Kier alpha value is -4.82. The van der Waals surface area contributed by atoms with Crippen molar-refractivity contribution in [2.45, 2.75) is 208 Å². The molecule has 0 spiro atoms. The van der Waals surface area contributed by atoms with Crippen molar-refractivity contribution in [3.63, 3.8) is 0 Å². The van der Waals surface area contributed by atoms with Crippen LogP contribution in [0.25, 0.3) is 0 Å². The number of hydrazone groups is 3. The fourth-order valence-corrected chi connectivity index (χ4v) is 5.84. The Balaban J connectivity index is 0. The van der Waals surface area contributed by atoms with Crippen LogP contribution in [-0.4, -0.2) is 147 Å². The summed E-state index contributed by atoms with van der Waals surface area (Å²) in [4.78, 5) is 32.5. The van der Waals surface area contributed by atoms with Gasteiger partial charge in [0.2, 0.25) is 0 Å². The zero-order chi connectivity index (χ0) is 59.2. The molecule has 4 aliphatic rings. The normalized spacial score (nSPS) is 15.9. The summed E-state index contributed by atoms with van der Waals surface area (Å²) in [5.41, 5.74) is -0.177. The molecule has 0 aromatic heterocycles. The number of urea groups is 1. The van der Waals surface area contributed by atoms with Crippen molar-refractivity contribution >= 4 is 49.5 Å². The SMILES string of the molecule is CC(C)/C=N/N1CCCCC1.CC(C)/C=N/N1CCN(C(=O)NC(C)(C)C)CC1.CC(C)/C=N/OC1CC1.CC(C)/C=N/Oc1ccccc1.CC(C)C=NCC1CC1.CCCCN=CC(C)C.CCN(CC)/N=C/C(C)C. The third-order valence-electron chi connectivity index (χ3n) is 10.5. The lowest BCUT2D eigenvalue weighted by Crippen LogP contribution is -2.54. The van der Waals surface area contributed by atoms with E-state index in [1.807, 2.05) is 97.1 Å². The third-order valence-corrected chi connectivity index (χ3v) is 10.5. The lowest BCUT2D eigenvalue weighted by Gasteiger charge is -2.35. The lowest BCUT2D eigenvalue weighted by molar-refractivity contribution is 0.129. The first-order valence-corrected chi connectivity index (χ1v) is 30.3. The van der Waals surface area contributed by atoms with Crippen LogP contribution >= 0.6 is 0 Å². The van der Waals surface area contributed by atoms with E-state index in [1.54, 1.807) is 6.21 Å². The summed E-state index contributed by atoms with van der Waals surface area (Å²) in [7, 11) is 0. The van der Waals surface area contributed by atoms with Crippen LogP contribution in [0, 0.1) is 47.3 Å². The Morgan fingerprint density at radius 1 is 0.603 bits per heavy atom. The number of oxime groups is 2. The number of piperidine rings is 1. The largest absolute Gasteiger partial charge is 0.393 e. The molecule has 2 heterocycles. The van der Waals surface area contributed by atoms with E-state index < -0.39 is 0 Å². The van der Waals surface area contributed by atoms with Gasteiger partial charge in [-0.25, -0.2) is 4.79 Å². The van der Waals surface area contributed by atoms with Gasteiger partial charge in [-0.05, 0) is 145 Å². The molecule has 15 nitrogen and oxygen atoms in total. The van der Waals surface area contributed by atoms with Gasteiger partial charge in [-0.2, -0.15) is 15.3 Å². The Labute approximate surface area is 479 Å². The van der Waals surface area contributed by atoms with Crippen molar-refractivity contribution in [1.82, 2.24) is 25.2 Å². The van der Waals surface area contributed by atoms with Gasteiger partial charge in [0, 0.05) is 101 Å². The Morgan fingerprint density at radius 3 is 1.51 bits per heavy atom. The Bertz CT molecular complexity index is 1700. The predicted molar refractivity (Wildman–Crippen MR) is 342 cm³/mol. The Kier molecular flexibility index (Phi) is 46.4. The number of unbranched alkanes of at least 4 members (excludes halogenated alkanes) is 1. The zero-order valence-corrected chi connectivity index (χ0v) is 53.7. The number of carbonyl (C=O) groups is 1. The maximum atomic E-state index is 11.9. The molecule has 1 aromatic rings. The molecule has 2 saturated carbocycles. The van der Waals surface area contributed by atoms with E-state index in [2.05, 4.69) is 170 Å². The summed E-state index contributed by atoms with van der Waals surface area (Å²) in [5.74, 6) is 5.49. The maximum absolute atomic E-state index is 11.9. The van der Waals surface area contributed by atoms with Crippen molar-refractivity contribution in [3.05, 3.63) is 30.3 Å². The highest BCUT2D eigenvalue weighted by Crippen LogP contribution is 2.28. The summed E-state index contributed by atoms with van der Waals surface area (Å²) in [6.45, 7) is 51.6. The molecule has 2 aliphatic heterocycles. The molecule has 15 heteroatoms. The molecule has 0 bridgehead atoms. The average Bonchev–Trinajstić information content (AvgIpc) is 4.34.